The molecule has 0 aliphatic carbocycles. The van der Waals surface area contributed by atoms with Crippen LogP contribution < -0.4 is 4.90 Å². The van der Waals surface area contributed by atoms with Gasteiger partial charge in [0.2, 0.25) is 0 Å². The lowest BCUT2D eigenvalue weighted by Crippen LogP contribution is -2.33. The molecular weight excluding hydrogens is 278 g/mol. The van der Waals surface area contributed by atoms with Crippen molar-refractivity contribution >= 4 is 11.5 Å². The molecule has 4 rings (SSSR count). The van der Waals surface area contributed by atoms with E-state index in [4.69, 9.17) is 0 Å². The fraction of sp³-hybridized carbons (Fsp3) is 0.467. The van der Waals surface area contributed by atoms with Gasteiger partial charge in [0.25, 0.3) is 0 Å². The Kier molecular flexibility index (Phi) is 3.06. The molecule has 1 aliphatic heterocycles. The molecule has 7 heteroatoms. The maximum absolute atomic E-state index is 4.66. The number of hydrogen-bond acceptors (Lipinski definition) is 5. The van der Waals surface area contributed by atoms with Crippen molar-refractivity contribution in [2.24, 2.45) is 7.05 Å². The average Bonchev–Trinajstić information content (AvgIpc) is 3.14. The van der Waals surface area contributed by atoms with Crippen LogP contribution in [-0.4, -0.2) is 42.7 Å². The highest BCUT2D eigenvalue weighted by molar-refractivity contribution is 5.46. The third-order valence-corrected chi connectivity index (χ3v) is 4.42. The molecule has 0 bridgehead atoms. The van der Waals surface area contributed by atoms with Crippen molar-refractivity contribution in [3.05, 3.63) is 35.9 Å². The van der Waals surface area contributed by atoms with Crippen LogP contribution in [-0.2, 0) is 7.05 Å². The number of rotatable bonds is 2. The minimum absolute atomic E-state index is 0.602. The highest BCUT2D eigenvalue weighted by Crippen LogP contribution is 2.29. The number of nitrogens with zero attached hydrogens (tertiary/aromatic N) is 7. The smallest absolute Gasteiger partial charge is 0.178 e. The van der Waals surface area contributed by atoms with Crippen LogP contribution in [0, 0.1) is 6.92 Å². The molecule has 1 saturated heterocycles. The summed E-state index contributed by atoms with van der Waals surface area (Å²) in [5, 5.41) is 17.1. The summed E-state index contributed by atoms with van der Waals surface area (Å²) in [5.41, 5.74) is 2.15. The van der Waals surface area contributed by atoms with Gasteiger partial charge in [0.1, 0.15) is 5.82 Å². The average molecular weight is 297 g/mol. The molecule has 0 spiro atoms. The largest absolute Gasteiger partial charge is 0.355 e. The Hall–Kier alpha value is -2.44. The van der Waals surface area contributed by atoms with Crippen LogP contribution in [0.25, 0.3) is 5.65 Å². The second-order valence-electron chi connectivity index (χ2n) is 5.92. The maximum Gasteiger partial charge on any atom is 0.178 e. The van der Waals surface area contributed by atoms with E-state index < -0.39 is 0 Å². The molecular formula is C15H19N7. The van der Waals surface area contributed by atoms with Crippen LogP contribution >= 0.6 is 0 Å². The molecule has 3 aromatic heterocycles. The summed E-state index contributed by atoms with van der Waals surface area (Å²) in [4.78, 5) is 2.34. The number of fused-ring (bicyclic) bond motifs is 1. The SMILES string of the molecule is Cc1nnc2ccc(N3CCC(c4cnn(C)c4)CC3)nn12. The van der Waals surface area contributed by atoms with Gasteiger partial charge in [-0.25, -0.2) is 0 Å². The minimum Gasteiger partial charge on any atom is -0.355 e. The Morgan fingerprint density at radius 2 is 1.95 bits per heavy atom. The molecule has 4 heterocycles. The zero-order valence-electron chi connectivity index (χ0n) is 12.8. The van der Waals surface area contributed by atoms with Crippen LogP contribution in [0.2, 0.25) is 0 Å². The van der Waals surface area contributed by atoms with Crippen molar-refractivity contribution in [1.82, 2.24) is 29.6 Å². The zero-order chi connectivity index (χ0) is 15.1. The summed E-state index contributed by atoms with van der Waals surface area (Å²) in [5.74, 6) is 2.42. The molecule has 0 saturated carbocycles. The number of anilines is 1. The van der Waals surface area contributed by atoms with Gasteiger partial charge in [0.15, 0.2) is 11.5 Å². The number of aromatic nitrogens is 6. The van der Waals surface area contributed by atoms with Crippen molar-refractivity contribution in [3.8, 4) is 0 Å². The molecule has 0 radical (unpaired) electrons. The number of hydrogen-bond donors (Lipinski definition) is 0. The molecule has 0 atom stereocenters. The van der Waals surface area contributed by atoms with Crippen molar-refractivity contribution in [2.75, 3.05) is 18.0 Å². The van der Waals surface area contributed by atoms with E-state index in [2.05, 4.69) is 31.5 Å². The highest BCUT2D eigenvalue weighted by atomic mass is 15.4. The summed E-state index contributed by atoms with van der Waals surface area (Å²) in [6.45, 7) is 3.95. The molecule has 3 aromatic rings. The van der Waals surface area contributed by atoms with Crippen LogP contribution in [0.5, 0.6) is 0 Å². The van der Waals surface area contributed by atoms with Gasteiger partial charge in [-0.2, -0.15) is 9.61 Å². The van der Waals surface area contributed by atoms with E-state index in [1.54, 1.807) is 0 Å². The number of piperidine rings is 1. The van der Waals surface area contributed by atoms with E-state index in [-0.39, 0.29) is 0 Å². The van der Waals surface area contributed by atoms with Gasteiger partial charge in [-0.15, -0.1) is 15.3 Å². The maximum atomic E-state index is 4.66. The quantitative estimate of drug-likeness (QED) is 0.718. The summed E-state index contributed by atoms with van der Waals surface area (Å²) < 4.78 is 3.69. The molecule has 0 unspecified atom stereocenters. The lowest BCUT2D eigenvalue weighted by molar-refractivity contribution is 0.500. The Bertz CT molecular complexity index is 795. The Labute approximate surface area is 128 Å². The van der Waals surface area contributed by atoms with Crippen molar-refractivity contribution in [2.45, 2.75) is 25.7 Å². The third-order valence-electron chi connectivity index (χ3n) is 4.42. The van der Waals surface area contributed by atoms with E-state index in [0.29, 0.717) is 5.92 Å². The monoisotopic (exact) mass is 297 g/mol. The van der Waals surface area contributed by atoms with Crippen molar-refractivity contribution in [1.29, 1.82) is 0 Å². The van der Waals surface area contributed by atoms with Gasteiger partial charge >= 0.3 is 0 Å². The summed E-state index contributed by atoms with van der Waals surface area (Å²) in [6, 6.07) is 4.02. The van der Waals surface area contributed by atoms with E-state index in [1.165, 1.54) is 5.56 Å². The minimum atomic E-state index is 0.602. The second-order valence-corrected chi connectivity index (χ2v) is 5.92. The van der Waals surface area contributed by atoms with E-state index >= 15 is 0 Å². The zero-order valence-corrected chi connectivity index (χ0v) is 12.8. The first-order valence-corrected chi connectivity index (χ1v) is 7.63. The molecule has 0 N–H and O–H groups in total. The number of aryl methyl sites for hydroxylation is 2. The predicted octanol–water partition coefficient (Wildman–Crippen LogP) is 1.55. The third kappa shape index (κ3) is 2.22. The van der Waals surface area contributed by atoms with E-state index in [9.17, 15) is 0 Å². The summed E-state index contributed by atoms with van der Waals surface area (Å²) in [7, 11) is 1.97. The molecule has 0 aromatic carbocycles. The summed E-state index contributed by atoms with van der Waals surface area (Å²) >= 11 is 0. The second kappa shape index (κ2) is 5.08. The summed E-state index contributed by atoms with van der Waals surface area (Å²) in [6.07, 6.45) is 6.38. The molecule has 1 fully saturated rings. The van der Waals surface area contributed by atoms with Crippen molar-refractivity contribution in [3.63, 3.8) is 0 Å². The standard InChI is InChI=1S/C15H19N7/c1-11-17-18-14-3-4-15(19-22(11)14)21-7-5-12(6-8-21)13-9-16-20(2)10-13/h3-4,9-10,12H,5-8H2,1-2H3. The van der Waals surface area contributed by atoms with E-state index in [0.717, 1.165) is 43.2 Å². The highest BCUT2D eigenvalue weighted by Gasteiger charge is 2.22. The van der Waals surface area contributed by atoms with Gasteiger partial charge < -0.3 is 4.90 Å². The Morgan fingerprint density at radius 3 is 2.68 bits per heavy atom. The molecule has 7 nitrogen and oxygen atoms in total. The van der Waals surface area contributed by atoms with Crippen LogP contribution in [0.4, 0.5) is 5.82 Å². The first kappa shape index (κ1) is 13.2. The normalized spacial score (nSPS) is 16.5. The van der Waals surface area contributed by atoms with Gasteiger partial charge in [-0.1, -0.05) is 0 Å². The van der Waals surface area contributed by atoms with Crippen LogP contribution in [0.1, 0.15) is 30.1 Å². The Balaban J connectivity index is 1.51. The molecule has 22 heavy (non-hydrogen) atoms. The lowest BCUT2D eigenvalue weighted by atomic mass is 9.91. The molecule has 114 valence electrons. The van der Waals surface area contributed by atoms with E-state index in [1.807, 2.05) is 41.5 Å². The van der Waals surface area contributed by atoms with Gasteiger partial charge in [-0.3, -0.25) is 4.68 Å². The molecule has 1 aliphatic rings. The Morgan fingerprint density at radius 1 is 1.14 bits per heavy atom. The van der Waals surface area contributed by atoms with Crippen molar-refractivity contribution < 1.29 is 0 Å². The van der Waals surface area contributed by atoms with Gasteiger partial charge in [0.05, 0.1) is 6.20 Å². The fourth-order valence-corrected chi connectivity index (χ4v) is 3.15. The van der Waals surface area contributed by atoms with Gasteiger partial charge in [0, 0.05) is 26.3 Å². The topological polar surface area (TPSA) is 64.1 Å². The first-order chi connectivity index (χ1) is 10.7. The fourth-order valence-electron chi connectivity index (χ4n) is 3.15. The van der Waals surface area contributed by atoms with Crippen LogP contribution in [0.15, 0.2) is 24.5 Å². The van der Waals surface area contributed by atoms with Crippen LogP contribution in [0.3, 0.4) is 0 Å². The first-order valence-electron chi connectivity index (χ1n) is 7.63. The predicted molar refractivity (Wildman–Crippen MR) is 82.9 cm³/mol. The van der Waals surface area contributed by atoms with Gasteiger partial charge in [-0.05, 0) is 43.4 Å². The lowest BCUT2D eigenvalue weighted by Gasteiger charge is -2.32. The molecule has 0 amide bonds.